The van der Waals surface area contributed by atoms with E-state index in [0.717, 1.165) is 62.6 Å². The minimum atomic E-state index is -0.277. The molecule has 0 aliphatic carbocycles. The molecule has 0 spiro atoms. The number of amides is 1. The maximum absolute atomic E-state index is 14.1. The van der Waals surface area contributed by atoms with Gasteiger partial charge in [-0.25, -0.2) is 9.37 Å². The van der Waals surface area contributed by atoms with Crippen molar-refractivity contribution in [3.63, 3.8) is 0 Å². The minimum absolute atomic E-state index is 0.00896. The Labute approximate surface area is 183 Å². The second kappa shape index (κ2) is 9.60. The molecule has 1 amide bonds. The van der Waals surface area contributed by atoms with Gasteiger partial charge in [-0.3, -0.25) is 9.78 Å². The number of rotatable bonds is 5. The first-order valence-electron chi connectivity index (χ1n) is 11.1. The average Bonchev–Trinajstić information content (AvgIpc) is 2.80. The molecule has 31 heavy (non-hydrogen) atoms. The lowest BCUT2D eigenvalue weighted by atomic mass is 9.96. The third-order valence-electron chi connectivity index (χ3n) is 6.32. The number of halogens is 1. The number of nitrogens with zero attached hydrogens (tertiary/aromatic N) is 5. The number of nitrogens with one attached hydrogen (secondary N) is 1. The van der Waals surface area contributed by atoms with Crippen LogP contribution in [0.15, 0.2) is 36.8 Å². The number of carbonyl (C=O) groups excluding carboxylic acids is 1. The Morgan fingerprint density at radius 2 is 1.97 bits per heavy atom. The van der Waals surface area contributed by atoms with Crippen molar-refractivity contribution >= 4 is 17.4 Å². The highest BCUT2D eigenvalue weighted by Gasteiger charge is 2.28. The Balaban J connectivity index is 1.44. The van der Waals surface area contributed by atoms with E-state index >= 15 is 0 Å². The van der Waals surface area contributed by atoms with Gasteiger partial charge in [0.15, 0.2) is 0 Å². The summed E-state index contributed by atoms with van der Waals surface area (Å²) in [6, 6.07) is 4.64. The van der Waals surface area contributed by atoms with Gasteiger partial charge in [0.25, 0.3) is 0 Å². The molecule has 2 fully saturated rings. The molecule has 166 valence electrons. The van der Waals surface area contributed by atoms with Crippen LogP contribution in [0.1, 0.15) is 31.4 Å². The van der Waals surface area contributed by atoms with Crippen molar-refractivity contribution < 1.29 is 9.18 Å². The standard InChI is InChI=1S/C23H31FN6O/c1-17(20-14-19(24)5-6-21(20)29-12-10-28(2)11-13-29)27-23(31)18-4-3-9-30(16-18)22-15-25-7-8-26-22/h5-8,14-15,17-18H,3-4,9-13,16H2,1-2H3,(H,27,31). The van der Waals surface area contributed by atoms with Gasteiger partial charge in [0.1, 0.15) is 11.6 Å². The Morgan fingerprint density at radius 3 is 2.71 bits per heavy atom. The first-order valence-corrected chi connectivity index (χ1v) is 11.1. The van der Waals surface area contributed by atoms with E-state index in [-0.39, 0.29) is 23.7 Å². The van der Waals surface area contributed by atoms with Gasteiger partial charge in [0.05, 0.1) is 18.2 Å². The van der Waals surface area contributed by atoms with E-state index in [2.05, 4.69) is 37.0 Å². The molecule has 2 saturated heterocycles. The predicted molar refractivity (Wildman–Crippen MR) is 120 cm³/mol. The zero-order valence-electron chi connectivity index (χ0n) is 18.3. The molecule has 4 rings (SSSR count). The molecule has 7 nitrogen and oxygen atoms in total. The van der Waals surface area contributed by atoms with Crippen LogP contribution in [0.25, 0.3) is 0 Å². The van der Waals surface area contributed by atoms with Gasteiger partial charge in [0.2, 0.25) is 5.91 Å². The Hall–Kier alpha value is -2.74. The number of carbonyl (C=O) groups is 1. The van der Waals surface area contributed by atoms with Gasteiger partial charge in [-0.1, -0.05) is 0 Å². The molecule has 2 atom stereocenters. The summed E-state index contributed by atoms with van der Waals surface area (Å²) in [5, 5.41) is 3.15. The van der Waals surface area contributed by atoms with E-state index < -0.39 is 0 Å². The van der Waals surface area contributed by atoms with Crippen LogP contribution in [0.3, 0.4) is 0 Å². The van der Waals surface area contributed by atoms with Gasteiger partial charge in [0, 0.05) is 62.9 Å². The summed E-state index contributed by atoms with van der Waals surface area (Å²) in [5.41, 5.74) is 1.84. The molecule has 2 aliphatic rings. The Morgan fingerprint density at radius 1 is 1.16 bits per heavy atom. The molecule has 0 bridgehead atoms. The molecule has 2 aliphatic heterocycles. The normalized spacial score (nSPS) is 21.1. The maximum atomic E-state index is 14.1. The first kappa shape index (κ1) is 21.5. The van der Waals surface area contributed by atoms with Crippen molar-refractivity contribution in [2.24, 2.45) is 5.92 Å². The Bertz CT molecular complexity index is 887. The molecule has 2 aromatic rings. The molecule has 8 heteroatoms. The van der Waals surface area contributed by atoms with Crippen molar-refractivity contribution in [2.75, 3.05) is 56.1 Å². The molecule has 2 unspecified atom stereocenters. The molecule has 1 N–H and O–H groups in total. The van der Waals surface area contributed by atoms with Gasteiger partial charge in [-0.15, -0.1) is 0 Å². The van der Waals surface area contributed by atoms with Crippen molar-refractivity contribution in [2.45, 2.75) is 25.8 Å². The number of benzene rings is 1. The summed E-state index contributed by atoms with van der Waals surface area (Å²) in [6.07, 6.45) is 6.82. The van der Waals surface area contributed by atoms with Crippen LogP contribution in [-0.4, -0.2) is 67.1 Å². The number of piperazine rings is 1. The van der Waals surface area contributed by atoms with E-state index in [0.29, 0.717) is 6.54 Å². The van der Waals surface area contributed by atoms with Crippen molar-refractivity contribution in [1.82, 2.24) is 20.2 Å². The monoisotopic (exact) mass is 426 g/mol. The fourth-order valence-electron chi connectivity index (χ4n) is 4.47. The van der Waals surface area contributed by atoms with Gasteiger partial charge in [-0.2, -0.15) is 0 Å². The third kappa shape index (κ3) is 5.12. The van der Waals surface area contributed by atoms with E-state index in [1.807, 2.05) is 13.0 Å². The summed E-state index contributed by atoms with van der Waals surface area (Å²) < 4.78 is 14.1. The lowest BCUT2D eigenvalue weighted by molar-refractivity contribution is -0.125. The van der Waals surface area contributed by atoms with E-state index in [4.69, 9.17) is 0 Å². The van der Waals surface area contributed by atoms with E-state index in [1.54, 1.807) is 24.7 Å². The molecule has 1 aromatic carbocycles. The number of anilines is 2. The summed E-state index contributed by atoms with van der Waals surface area (Å²) in [7, 11) is 2.11. The number of hydrogen-bond donors (Lipinski definition) is 1. The van der Waals surface area contributed by atoms with Crippen LogP contribution < -0.4 is 15.1 Å². The van der Waals surface area contributed by atoms with E-state index in [1.165, 1.54) is 6.07 Å². The highest BCUT2D eigenvalue weighted by molar-refractivity contribution is 5.80. The molecular weight excluding hydrogens is 395 g/mol. The molecule has 0 radical (unpaired) electrons. The van der Waals surface area contributed by atoms with Gasteiger partial charge < -0.3 is 20.0 Å². The van der Waals surface area contributed by atoms with Crippen molar-refractivity contribution in [3.8, 4) is 0 Å². The smallest absolute Gasteiger partial charge is 0.225 e. The summed E-state index contributed by atoms with van der Waals surface area (Å²) in [4.78, 5) is 28.3. The summed E-state index contributed by atoms with van der Waals surface area (Å²) in [5.74, 6) is 0.407. The van der Waals surface area contributed by atoms with Crippen LogP contribution in [0.2, 0.25) is 0 Å². The van der Waals surface area contributed by atoms with Crippen LogP contribution in [0.5, 0.6) is 0 Å². The second-order valence-corrected chi connectivity index (χ2v) is 8.57. The van der Waals surface area contributed by atoms with E-state index in [9.17, 15) is 9.18 Å². The van der Waals surface area contributed by atoms with Gasteiger partial charge in [-0.05, 0) is 45.0 Å². The van der Waals surface area contributed by atoms with Crippen molar-refractivity contribution in [3.05, 3.63) is 48.2 Å². The molecule has 3 heterocycles. The number of hydrogen-bond acceptors (Lipinski definition) is 6. The minimum Gasteiger partial charge on any atom is -0.369 e. The van der Waals surface area contributed by atoms with Crippen LogP contribution >= 0.6 is 0 Å². The van der Waals surface area contributed by atoms with Gasteiger partial charge >= 0.3 is 0 Å². The quantitative estimate of drug-likeness (QED) is 0.793. The fraction of sp³-hybridized carbons (Fsp3) is 0.522. The molecule has 1 aromatic heterocycles. The SMILES string of the molecule is CC(NC(=O)C1CCCN(c2cnccn2)C1)c1cc(F)ccc1N1CCN(C)CC1. The van der Waals surface area contributed by atoms with Crippen LogP contribution in [0.4, 0.5) is 15.9 Å². The third-order valence-corrected chi connectivity index (χ3v) is 6.32. The van der Waals surface area contributed by atoms with Crippen LogP contribution in [0, 0.1) is 11.7 Å². The molecular formula is C23H31FN6O. The second-order valence-electron chi connectivity index (χ2n) is 8.57. The van der Waals surface area contributed by atoms with Crippen LogP contribution in [-0.2, 0) is 4.79 Å². The highest BCUT2D eigenvalue weighted by atomic mass is 19.1. The number of aromatic nitrogens is 2. The average molecular weight is 427 g/mol. The largest absolute Gasteiger partial charge is 0.369 e. The highest BCUT2D eigenvalue weighted by Crippen LogP contribution is 2.29. The zero-order chi connectivity index (χ0) is 21.8. The Kier molecular flexibility index (Phi) is 6.65. The number of likely N-dealkylation sites (N-methyl/N-ethyl adjacent to an activating group) is 1. The summed E-state index contributed by atoms with van der Waals surface area (Å²) in [6.45, 7) is 7.16. The molecule has 0 saturated carbocycles. The lowest BCUT2D eigenvalue weighted by Gasteiger charge is -2.36. The maximum Gasteiger partial charge on any atom is 0.225 e. The fourth-order valence-corrected chi connectivity index (χ4v) is 4.47. The number of piperidine rings is 1. The van der Waals surface area contributed by atoms with Crippen molar-refractivity contribution in [1.29, 1.82) is 0 Å². The lowest BCUT2D eigenvalue weighted by Crippen LogP contribution is -2.46. The summed E-state index contributed by atoms with van der Waals surface area (Å²) >= 11 is 0. The topological polar surface area (TPSA) is 64.6 Å². The predicted octanol–water partition coefficient (Wildman–Crippen LogP) is 2.46. The first-order chi connectivity index (χ1) is 15.0. The zero-order valence-corrected chi connectivity index (χ0v) is 18.3.